The molecule has 1 aliphatic carbocycles. The summed E-state index contributed by atoms with van der Waals surface area (Å²) in [5, 5.41) is 7.06. The summed E-state index contributed by atoms with van der Waals surface area (Å²) in [6.45, 7) is 6.21. The van der Waals surface area contributed by atoms with Gasteiger partial charge in [0.15, 0.2) is 0 Å². The molecule has 0 spiro atoms. The van der Waals surface area contributed by atoms with E-state index < -0.39 is 5.97 Å². The van der Waals surface area contributed by atoms with E-state index in [-0.39, 0.29) is 24.6 Å². The van der Waals surface area contributed by atoms with Crippen molar-refractivity contribution in [2.45, 2.75) is 51.7 Å². The standard InChI is InChI=1S/C20H25N3O3/c1-20(2,3)23-17(15-9-10-15)11-16(22-23)19(25)21-12-18(24)26-13-14-7-5-4-6-8-14/h4-8,11,15H,9-10,12-13H2,1-3H3,(H,21,25). The third-order valence-electron chi connectivity index (χ3n) is 4.24. The van der Waals surface area contributed by atoms with Gasteiger partial charge < -0.3 is 10.1 Å². The van der Waals surface area contributed by atoms with Crippen LogP contribution in [0.5, 0.6) is 0 Å². The monoisotopic (exact) mass is 355 g/mol. The molecule has 1 aromatic carbocycles. The maximum atomic E-state index is 12.4. The molecule has 0 radical (unpaired) electrons. The van der Waals surface area contributed by atoms with E-state index >= 15 is 0 Å². The van der Waals surface area contributed by atoms with E-state index in [0.717, 1.165) is 24.1 Å². The summed E-state index contributed by atoms with van der Waals surface area (Å²) in [4.78, 5) is 24.2. The molecule has 6 heteroatoms. The summed E-state index contributed by atoms with van der Waals surface area (Å²) in [5.41, 5.74) is 2.16. The minimum absolute atomic E-state index is 0.174. The highest BCUT2D eigenvalue weighted by Gasteiger charge is 2.32. The van der Waals surface area contributed by atoms with E-state index in [9.17, 15) is 9.59 Å². The van der Waals surface area contributed by atoms with Crippen molar-refractivity contribution in [3.05, 3.63) is 53.3 Å². The number of carbonyl (C=O) groups excluding carboxylic acids is 2. The van der Waals surface area contributed by atoms with Gasteiger partial charge in [-0.15, -0.1) is 0 Å². The van der Waals surface area contributed by atoms with Crippen LogP contribution in [0.3, 0.4) is 0 Å². The maximum Gasteiger partial charge on any atom is 0.325 e. The average Bonchev–Trinajstić information content (AvgIpc) is 3.35. The topological polar surface area (TPSA) is 73.2 Å². The zero-order valence-electron chi connectivity index (χ0n) is 15.5. The fourth-order valence-corrected chi connectivity index (χ4v) is 2.75. The average molecular weight is 355 g/mol. The fourth-order valence-electron chi connectivity index (χ4n) is 2.75. The van der Waals surface area contributed by atoms with Gasteiger partial charge in [0.05, 0.1) is 5.54 Å². The van der Waals surface area contributed by atoms with Gasteiger partial charge in [-0.25, -0.2) is 0 Å². The second-order valence-electron chi connectivity index (χ2n) is 7.64. The van der Waals surface area contributed by atoms with Crippen LogP contribution >= 0.6 is 0 Å². The summed E-state index contributed by atoms with van der Waals surface area (Å²) < 4.78 is 7.09. The zero-order chi connectivity index (χ0) is 18.7. The Bertz CT molecular complexity index is 786. The van der Waals surface area contributed by atoms with Crippen LogP contribution in [0.1, 0.15) is 61.3 Å². The van der Waals surface area contributed by atoms with Crippen molar-refractivity contribution >= 4 is 11.9 Å². The van der Waals surface area contributed by atoms with Crippen molar-refractivity contribution in [1.82, 2.24) is 15.1 Å². The van der Waals surface area contributed by atoms with Crippen molar-refractivity contribution in [2.24, 2.45) is 0 Å². The first-order valence-corrected chi connectivity index (χ1v) is 8.93. The second-order valence-corrected chi connectivity index (χ2v) is 7.64. The molecule has 6 nitrogen and oxygen atoms in total. The number of amides is 1. The molecule has 138 valence electrons. The van der Waals surface area contributed by atoms with Crippen molar-refractivity contribution < 1.29 is 14.3 Å². The molecule has 1 saturated carbocycles. The van der Waals surface area contributed by atoms with Gasteiger partial charge in [0.25, 0.3) is 5.91 Å². The molecule has 1 fully saturated rings. The number of hydrogen-bond donors (Lipinski definition) is 1. The largest absolute Gasteiger partial charge is 0.460 e. The number of nitrogens with zero attached hydrogens (tertiary/aromatic N) is 2. The molecular weight excluding hydrogens is 330 g/mol. The number of aromatic nitrogens is 2. The van der Waals surface area contributed by atoms with E-state index in [1.807, 2.05) is 41.1 Å². The van der Waals surface area contributed by atoms with Gasteiger partial charge in [-0.3, -0.25) is 14.3 Å². The Morgan fingerprint density at radius 2 is 1.92 bits per heavy atom. The van der Waals surface area contributed by atoms with Crippen LogP contribution in [0, 0.1) is 0 Å². The van der Waals surface area contributed by atoms with Crippen LogP contribution in [-0.2, 0) is 21.7 Å². The molecule has 1 N–H and O–H groups in total. The van der Waals surface area contributed by atoms with Gasteiger partial charge in [0, 0.05) is 11.6 Å². The zero-order valence-corrected chi connectivity index (χ0v) is 15.5. The lowest BCUT2D eigenvalue weighted by atomic mass is 10.1. The first kappa shape index (κ1) is 18.2. The van der Waals surface area contributed by atoms with Gasteiger partial charge >= 0.3 is 5.97 Å². The smallest absolute Gasteiger partial charge is 0.325 e. The van der Waals surface area contributed by atoms with Crippen LogP contribution in [-0.4, -0.2) is 28.2 Å². The highest BCUT2D eigenvalue weighted by Crippen LogP contribution is 2.41. The van der Waals surface area contributed by atoms with Gasteiger partial charge in [0.2, 0.25) is 0 Å². The number of hydrogen-bond acceptors (Lipinski definition) is 4. The number of carbonyl (C=O) groups is 2. The Hall–Kier alpha value is -2.63. The highest BCUT2D eigenvalue weighted by atomic mass is 16.5. The number of ether oxygens (including phenoxy) is 1. The van der Waals surface area contributed by atoms with Crippen LogP contribution < -0.4 is 5.32 Å². The quantitative estimate of drug-likeness (QED) is 0.809. The first-order chi connectivity index (χ1) is 12.3. The summed E-state index contributed by atoms with van der Waals surface area (Å²) in [6, 6.07) is 11.3. The van der Waals surface area contributed by atoms with Crippen molar-refractivity contribution in [1.29, 1.82) is 0 Å². The molecule has 3 rings (SSSR count). The first-order valence-electron chi connectivity index (χ1n) is 8.93. The lowest BCUT2D eigenvalue weighted by Gasteiger charge is -2.22. The molecule has 2 aromatic rings. The minimum Gasteiger partial charge on any atom is -0.460 e. The lowest BCUT2D eigenvalue weighted by Crippen LogP contribution is -2.31. The van der Waals surface area contributed by atoms with Crippen molar-refractivity contribution in [3.63, 3.8) is 0 Å². The van der Waals surface area contributed by atoms with Crippen LogP contribution in [0.25, 0.3) is 0 Å². The van der Waals surface area contributed by atoms with Crippen molar-refractivity contribution in [3.8, 4) is 0 Å². The molecule has 0 atom stereocenters. The molecule has 1 amide bonds. The third-order valence-corrected chi connectivity index (χ3v) is 4.24. The summed E-state index contributed by atoms with van der Waals surface area (Å²) in [7, 11) is 0. The molecule has 1 aromatic heterocycles. The Labute approximate surface area is 153 Å². The summed E-state index contributed by atoms with van der Waals surface area (Å²) in [6.07, 6.45) is 2.27. The lowest BCUT2D eigenvalue weighted by molar-refractivity contribution is -0.143. The predicted molar refractivity (Wildman–Crippen MR) is 97.8 cm³/mol. The minimum atomic E-state index is -0.472. The van der Waals surface area contributed by atoms with E-state index in [2.05, 4.69) is 31.2 Å². The maximum absolute atomic E-state index is 12.4. The van der Waals surface area contributed by atoms with Crippen molar-refractivity contribution in [2.75, 3.05) is 6.54 Å². The van der Waals surface area contributed by atoms with Gasteiger partial charge in [-0.05, 0) is 45.2 Å². The Morgan fingerprint density at radius 1 is 1.23 bits per heavy atom. The third kappa shape index (κ3) is 4.50. The Balaban J connectivity index is 1.55. The van der Waals surface area contributed by atoms with Crippen LogP contribution in [0.2, 0.25) is 0 Å². The summed E-state index contributed by atoms with van der Waals surface area (Å²) in [5.74, 6) is -0.342. The normalized spacial score (nSPS) is 14.1. The molecule has 1 heterocycles. The molecule has 0 unspecified atom stereocenters. The number of rotatable bonds is 6. The molecule has 0 bridgehead atoms. The number of benzene rings is 1. The predicted octanol–water partition coefficient (Wildman–Crippen LogP) is 2.99. The van der Waals surface area contributed by atoms with Gasteiger partial charge in [-0.1, -0.05) is 30.3 Å². The van der Waals surface area contributed by atoms with Crippen LogP contribution in [0.15, 0.2) is 36.4 Å². The molecule has 26 heavy (non-hydrogen) atoms. The van der Waals surface area contributed by atoms with E-state index in [4.69, 9.17) is 4.74 Å². The molecule has 0 saturated heterocycles. The summed E-state index contributed by atoms with van der Waals surface area (Å²) >= 11 is 0. The van der Waals surface area contributed by atoms with Gasteiger partial charge in [0.1, 0.15) is 18.8 Å². The van der Waals surface area contributed by atoms with E-state index in [0.29, 0.717) is 11.6 Å². The molecule has 1 aliphatic rings. The SMILES string of the molecule is CC(C)(C)n1nc(C(=O)NCC(=O)OCc2ccccc2)cc1C1CC1. The molecular formula is C20H25N3O3. The Kier molecular flexibility index (Phi) is 5.11. The fraction of sp³-hybridized carbons (Fsp3) is 0.450. The highest BCUT2D eigenvalue weighted by molar-refractivity contribution is 5.94. The number of nitrogens with one attached hydrogen (secondary N) is 1. The number of esters is 1. The van der Waals surface area contributed by atoms with Gasteiger partial charge in [-0.2, -0.15) is 5.10 Å². The Morgan fingerprint density at radius 3 is 2.54 bits per heavy atom. The van der Waals surface area contributed by atoms with E-state index in [1.54, 1.807) is 0 Å². The van der Waals surface area contributed by atoms with E-state index in [1.165, 1.54) is 0 Å². The molecule has 0 aliphatic heterocycles. The van der Waals surface area contributed by atoms with Crippen LogP contribution in [0.4, 0.5) is 0 Å². The second kappa shape index (κ2) is 7.32.